The molecule has 0 aromatic heterocycles. The molecule has 0 heterocycles. The Balaban J connectivity index is 2.00. The van der Waals surface area contributed by atoms with Crippen molar-refractivity contribution in [1.82, 2.24) is 0 Å². The van der Waals surface area contributed by atoms with Gasteiger partial charge in [-0.15, -0.1) is 0 Å². The quantitative estimate of drug-likeness (QED) is 0.245. The van der Waals surface area contributed by atoms with Crippen molar-refractivity contribution < 1.29 is 0 Å². The van der Waals surface area contributed by atoms with Gasteiger partial charge >= 0.3 is 0 Å². The van der Waals surface area contributed by atoms with E-state index in [1.807, 2.05) is 13.0 Å². The number of hydrogen-bond donors (Lipinski definition) is 2. The van der Waals surface area contributed by atoms with Crippen LogP contribution in [0.3, 0.4) is 0 Å². The Labute approximate surface area is 211 Å². The fourth-order valence-electron chi connectivity index (χ4n) is 4.85. The lowest BCUT2D eigenvalue weighted by Crippen LogP contribution is -2.45. The zero-order chi connectivity index (χ0) is 25.8. The summed E-state index contributed by atoms with van der Waals surface area (Å²) in [5.41, 5.74) is 21.8. The first-order valence-corrected chi connectivity index (χ1v) is 12.5. The van der Waals surface area contributed by atoms with Crippen molar-refractivity contribution in [2.75, 3.05) is 0 Å². The largest absolute Gasteiger partial charge is 0.306 e. The SMILES string of the molecule is C=Cc1ccc2cc3c(cc2c1/C=C\C)C(N)(N)C(=C/C/C=C/C=C(/C)C(C)/C(C)=C/C)/C3=C\C. The van der Waals surface area contributed by atoms with Crippen LogP contribution in [0.15, 0.2) is 90.1 Å². The van der Waals surface area contributed by atoms with Gasteiger partial charge in [-0.2, -0.15) is 0 Å². The van der Waals surface area contributed by atoms with Gasteiger partial charge in [0, 0.05) is 0 Å². The lowest BCUT2D eigenvalue weighted by molar-refractivity contribution is 0.583. The average Bonchev–Trinajstić information content (AvgIpc) is 3.06. The minimum atomic E-state index is -1.04. The lowest BCUT2D eigenvalue weighted by atomic mass is 9.92. The summed E-state index contributed by atoms with van der Waals surface area (Å²) in [6, 6.07) is 8.67. The zero-order valence-corrected chi connectivity index (χ0v) is 22.2. The van der Waals surface area contributed by atoms with Gasteiger partial charge in [0.25, 0.3) is 0 Å². The van der Waals surface area contributed by atoms with Gasteiger partial charge in [0.05, 0.1) is 0 Å². The molecule has 0 fully saturated rings. The van der Waals surface area contributed by atoms with E-state index in [1.165, 1.54) is 16.5 Å². The second-order valence-corrected chi connectivity index (χ2v) is 9.41. The van der Waals surface area contributed by atoms with Crippen molar-refractivity contribution in [1.29, 1.82) is 0 Å². The van der Waals surface area contributed by atoms with Crippen LogP contribution in [-0.2, 0) is 5.66 Å². The van der Waals surface area contributed by atoms with Crippen molar-refractivity contribution in [2.45, 2.75) is 53.6 Å². The molecule has 4 N–H and O–H groups in total. The van der Waals surface area contributed by atoms with Gasteiger partial charge in [-0.05, 0) is 103 Å². The van der Waals surface area contributed by atoms with E-state index in [0.29, 0.717) is 5.92 Å². The van der Waals surface area contributed by atoms with E-state index in [-0.39, 0.29) is 0 Å². The first kappa shape index (κ1) is 26.4. The molecular weight excluding hydrogens is 424 g/mol. The topological polar surface area (TPSA) is 52.0 Å². The van der Waals surface area contributed by atoms with E-state index in [9.17, 15) is 0 Å². The number of rotatable bonds is 7. The molecule has 0 saturated heterocycles. The van der Waals surface area contributed by atoms with Gasteiger partial charge in [-0.1, -0.05) is 91.5 Å². The molecule has 1 atom stereocenters. The van der Waals surface area contributed by atoms with Crippen LogP contribution in [0.5, 0.6) is 0 Å². The zero-order valence-electron chi connectivity index (χ0n) is 22.2. The smallest absolute Gasteiger partial charge is 0.117 e. The molecule has 182 valence electrons. The van der Waals surface area contributed by atoms with E-state index >= 15 is 0 Å². The highest BCUT2D eigenvalue weighted by Gasteiger charge is 2.39. The van der Waals surface area contributed by atoms with Gasteiger partial charge < -0.3 is 11.5 Å². The summed E-state index contributed by atoms with van der Waals surface area (Å²) in [7, 11) is 0. The molecular formula is C33H40N2. The second-order valence-electron chi connectivity index (χ2n) is 9.41. The number of fused-ring (bicyclic) bond motifs is 2. The first-order valence-electron chi connectivity index (χ1n) is 12.5. The van der Waals surface area contributed by atoms with Gasteiger partial charge in [-0.25, -0.2) is 0 Å². The minimum absolute atomic E-state index is 0.450. The van der Waals surface area contributed by atoms with Crippen molar-refractivity contribution in [3.05, 3.63) is 112 Å². The van der Waals surface area contributed by atoms with Crippen LogP contribution in [0.2, 0.25) is 0 Å². The summed E-state index contributed by atoms with van der Waals surface area (Å²) in [5.74, 6) is 0.450. The number of hydrogen-bond acceptors (Lipinski definition) is 2. The number of benzene rings is 2. The fourth-order valence-corrected chi connectivity index (χ4v) is 4.85. The molecule has 2 aromatic rings. The van der Waals surface area contributed by atoms with Crippen LogP contribution in [0, 0.1) is 5.92 Å². The normalized spacial score (nSPS) is 19.4. The molecule has 0 spiro atoms. The Morgan fingerprint density at radius 3 is 2.46 bits per heavy atom. The van der Waals surface area contributed by atoms with Gasteiger partial charge in [0.2, 0.25) is 0 Å². The average molecular weight is 465 g/mol. The Morgan fingerprint density at radius 1 is 1.09 bits per heavy atom. The standard InChI is InChI=1S/C33H40N2/c1-8-15-28-25(10-3)18-19-26-20-30-27(11-4)31(33(34,35)32(30)21-29(26)28)17-14-12-13-16-23(6)24(7)22(5)9-2/h8-13,15-21,24H,3,14,34-35H2,1-2,4-7H3/b13-12+,15-8-,22-9+,23-16-,27-11-,31-17+. The summed E-state index contributed by atoms with van der Waals surface area (Å²) in [5, 5.41) is 2.31. The minimum Gasteiger partial charge on any atom is -0.306 e. The van der Waals surface area contributed by atoms with Gasteiger partial charge in [0.15, 0.2) is 0 Å². The summed E-state index contributed by atoms with van der Waals surface area (Å²) in [6.07, 6.45) is 19.8. The molecule has 0 bridgehead atoms. The van der Waals surface area contributed by atoms with Crippen molar-refractivity contribution >= 4 is 28.5 Å². The van der Waals surface area contributed by atoms with Crippen LogP contribution < -0.4 is 11.5 Å². The van der Waals surface area contributed by atoms with Crippen LogP contribution in [0.4, 0.5) is 0 Å². The molecule has 3 rings (SSSR count). The molecule has 0 radical (unpaired) electrons. The van der Waals surface area contributed by atoms with Crippen LogP contribution in [0.25, 0.3) is 28.5 Å². The second kappa shape index (κ2) is 11.0. The Hall–Kier alpha value is -3.20. The maximum absolute atomic E-state index is 6.82. The monoisotopic (exact) mass is 464 g/mol. The van der Waals surface area contributed by atoms with Gasteiger partial charge in [0.1, 0.15) is 5.66 Å². The predicted octanol–water partition coefficient (Wildman–Crippen LogP) is 8.42. The third-order valence-corrected chi connectivity index (χ3v) is 7.32. The Kier molecular flexibility index (Phi) is 8.32. The molecule has 0 saturated carbocycles. The summed E-state index contributed by atoms with van der Waals surface area (Å²) < 4.78 is 0. The van der Waals surface area contributed by atoms with Crippen molar-refractivity contribution in [3.8, 4) is 0 Å². The van der Waals surface area contributed by atoms with E-state index in [4.69, 9.17) is 11.5 Å². The predicted molar refractivity (Wildman–Crippen MR) is 157 cm³/mol. The third kappa shape index (κ3) is 5.10. The molecule has 1 aliphatic rings. The van der Waals surface area contributed by atoms with Crippen molar-refractivity contribution in [3.63, 3.8) is 0 Å². The fraction of sp³-hybridized carbons (Fsp3) is 0.273. The summed E-state index contributed by atoms with van der Waals surface area (Å²) >= 11 is 0. The Morgan fingerprint density at radius 2 is 1.83 bits per heavy atom. The highest BCUT2D eigenvalue weighted by molar-refractivity contribution is 6.00. The molecule has 2 aromatic carbocycles. The molecule has 2 heteroatoms. The summed E-state index contributed by atoms with van der Waals surface area (Å²) in [4.78, 5) is 0. The molecule has 2 nitrogen and oxygen atoms in total. The van der Waals surface area contributed by atoms with E-state index in [2.05, 4.69) is 114 Å². The summed E-state index contributed by atoms with van der Waals surface area (Å²) in [6.45, 7) is 16.8. The van der Waals surface area contributed by atoms with E-state index in [0.717, 1.165) is 45.2 Å². The Bertz CT molecular complexity index is 1310. The highest BCUT2D eigenvalue weighted by Crippen LogP contribution is 2.46. The molecule has 0 amide bonds. The molecule has 0 aliphatic heterocycles. The van der Waals surface area contributed by atoms with E-state index < -0.39 is 5.66 Å². The number of nitrogens with two attached hydrogens (primary N) is 2. The van der Waals surface area contributed by atoms with E-state index in [1.54, 1.807) is 0 Å². The number of allylic oxidation sites excluding steroid dienone is 9. The maximum Gasteiger partial charge on any atom is 0.117 e. The lowest BCUT2D eigenvalue weighted by Gasteiger charge is -2.22. The molecule has 35 heavy (non-hydrogen) atoms. The molecule has 1 aliphatic carbocycles. The van der Waals surface area contributed by atoms with Crippen molar-refractivity contribution in [2.24, 2.45) is 17.4 Å². The van der Waals surface area contributed by atoms with Crippen LogP contribution in [0.1, 0.15) is 70.2 Å². The van der Waals surface area contributed by atoms with Gasteiger partial charge in [-0.3, -0.25) is 0 Å². The van der Waals surface area contributed by atoms with Crippen LogP contribution >= 0.6 is 0 Å². The third-order valence-electron chi connectivity index (χ3n) is 7.32. The maximum atomic E-state index is 6.82. The molecule has 1 unspecified atom stereocenters. The highest BCUT2D eigenvalue weighted by atomic mass is 15.0. The first-order chi connectivity index (χ1) is 16.7. The van der Waals surface area contributed by atoms with Crippen LogP contribution in [-0.4, -0.2) is 0 Å².